The van der Waals surface area contributed by atoms with Crippen LogP contribution in [0.4, 0.5) is 14.5 Å². The molecule has 0 aliphatic heterocycles. The van der Waals surface area contributed by atoms with Gasteiger partial charge in [0.2, 0.25) is 5.91 Å². The first-order valence-corrected chi connectivity index (χ1v) is 6.86. The summed E-state index contributed by atoms with van der Waals surface area (Å²) in [5, 5.41) is 3.14. The van der Waals surface area contributed by atoms with E-state index in [4.69, 9.17) is 0 Å². The molecule has 0 radical (unpaired) electrons. The summed E-state index contributed by atoms with van der Waals surface area (Å²) in [4.78, 5) is 19.7. The van der Waals surface area contributed by atoms with Gasteiger partial charge in [-0.25, -0.2) is 9.97 Å². The van der Waals surface area contributed by atoms with Gasteiger partial charge in [0, 0.05) is 18.1 Å². The zero-order chi connectivity index (χ0) is 15.1. The Morgan fingerprint density at radius 3 is 2.52 bits per heavy atom. The molecule has 0 aliphatic carbocycles. The Labute approximate surface area is 123 Å². The van der Waals surface area contributed by atoms with Gasteiger partial charge in [0.1, 0.15) is 5.75 Å². The number of amides is 1. The number of hydrogen-bond donors (Lipinski definition) is 1. The van der Waals surface area contributed by atoms with Crippen LogP contribution in [0.2, 0.25) is 0 Å². The normalized spacial score (nSPS) is 10.4. The molecule has 1 aromatic carbocycles. The van der Waals surface area contributed by atoms with E-state index in [0.29, 0.717) is 10.8 Å². The molecule has 1 N–H and O–H groups in total. The number of halogens is 2. The minimum absolute atomic E-state index is 0.0371. The fraction of sp³-hybridized carbons (Fsp3) is 0.154. The van der Waals surface area contributed by atoms with Crippen LogP contribution < -0.4 is 10.1 Å². The van der Waals surface area contributed by atoms with E-state index in [1.165, 1.54) is 36.0 Å². The average molecular weight is 311 g/mol. The van der Waals surface area contributed by atoms with E-state index >= 15 is 0 Å². The number of benzene rings is 1. The number of alkyl halides is 2. The van der Waals surface area contributed by atoms with E-state index < -0.39 is 6.61 Å². The Hall–Kier alpha value is -2.22. The summed E-state index contributed by atoms with van der Waals surface area (Å²) in [6.07, 6.45) is 3.18. The number of thioether (sulfide) groups is 1. The maximum Gasteiger partial charge on any atom is 0.387 e. The third-order valence-corrected chi connectivity index (χ3v) is 3.11. The van der Waals surface area contributed by atoms with E-state index in [-0.39, 0.29) is 17.4 Å². The number of carbonyl (C=O) groups is 1. The van der Waals surface area contributed by atoms with Crippen molar-refractivity contribution in [3.05, 3.63) is 42.7 Å². The zero-order valence-corrected chi connectivity index (χ0v) is 11.5. The smallest absolute Gasteiger partial charge is 0.387 e. The summed E-state index contributed by atoms with van der Waals surface area (Å²) in [7, 11) is 0. The van der Waals surface area contributed by atoms with Crippen molar-refractivity contribution in [2.45, 2.75) is 11.8 Å². The molecule has 0 aliphatic rings. The van der Waals surface area contributed by atoms with Crippen LogP contribution in [0.3, 0.4) is 0 Å². The predicted octanol–water partition coefficient (Wildman–Crippen LogP) is 2.81. The molecule has 21 heavy (non-hydrogen) atoms. The fourth-order valence-corrected chi connectivity index (χ4v) is 2.01. The summed E-state index contributed by atoms with van der Waals surface area (Å²) in [5.41, 5.74) is 0.496. The number of carbonyl (C=O) groups excluding carboxylic acids is 1. The van der Waals surface area contributed by atoms with Crippen LogP contribution in [0.15, 0.2) is 47.9 Å². The Kier molecular flexibility index (Phi) is 5.44. The fourth-order valence-electron chi connectivity index (χ4n) is 1.41. The quantitative estimate of drug-likeness (QED) is 0.656. The highest BCUT2D eigenvalue weighted by atomic mass is 32.2. The van der Waals surface area contributed by atoms with Crippen molar-refractivity contribution in [3.63, 3.8) is 0 Å². The summed E-state index contributed by atoms with van der Waals surface area (Å²) < 4.78 is 28.2. The van der Waals surface area contributed by atoms with Gasteiger partial charge in [-0.15, -0.1) is 0 Å². The summed E-state index contributed by atoms with van der Waals surface area (Å²) in [6, 6.07) is 7.37. The van der Waals surface area contributed by atoms with Crippen LogP contribution in [0.5, 0.6) is 5.75 Å². The van der Waals surface area contributed by atoms with Crippen molar-refractivity contribution in [2.75, 3.05) is 11.1 Å². The molecule has 0 saturated carbocycles. The maximum absolute atomic E-state index is 12.0. The first-order chi connectivity index (χ1) is 10.1. The highest BCUT2D eigenvalue weighted by molar-refractivity contribution is 7.99. The molecule has 0 unspecified atom stereocenters. The zero-order valence-electron chi connectivity index (χ0n) is 10.7. The Balaban J connectivity index is 1.82. The minimum Gasteiger partial charge on any atom is -0.435 e. The molecular formula is C13H11F2N3O2S. The Morgan fingerprint density at radius 1 is 1.24 bits per heavy atom. The van der Waals surface area contributed by atoms with E-state index in [2.05, 4.69) is 20.0 Å². The first-order valence-electron chi connectivity index (χ1n) is 5.88. The summed E-state index contributed by atoms with van der Waals surface area (Å²) in [5.74, 6) is -0.0516. The van der Waals surface area contributed by atoms with Gasteiger partial charge in [-0.1, -0.05) is 11.8 Å². The predicted molar refractivity (Wildman–Crippen MR) is 74.5 cm³/mol. The van der Waals surface area contributed by atoms with Crippen LogP contribution in [0.25, 0.3) is 0 Å². The molecule has 110 valence electrons. The molecule has 5 nitrogen and oxygen atoms in total. The molecule has 0 atom stereocenters. The third-order valence-electron chi connectivity index (χ3n) is 2.24. The Bertz CT molecular complexity index is 582. The van der Waals surface area contributed by atoms with E-state index in [9.17, 15) is 13.6 Å². The number of anilines is 1. The van der Waals surface area contributed by atoms with Crippen LogP contribution in [-0.2, 0) is 4.79 Å². The molecule has 2 rings (SSSR count). The summed E-state index contributed by atoms with van der Waals surface area (Å²) in [6.45, 7) is -2.87. The number of aromatic nitrogens is 2. The number of ether oxygens (including phenoxy) is 1. The Morgan fingerprint density at radius 2 is 1.90 bits per heavy atom. The van der Waals surface area contributed by atoms with Crippen LogP contribution in [-0.4, -0.2) is 28.2 Å². The van der Waals surface area contributed by atoms with Crippen LogP contribution in [0, 0.1) is 0 Å². The molecule has 0 spiro atoms. The lowest BCUT2D eigenvalue weighted by Gasteiger charge is -2.07. The molecule has 0 bridgehead atoms. The van der Waals surface area contributed by atoms with Gasteiger partial charge in [-0.3, -0.25) is 4.79 Å². The lowest BCUT2D eigenvalue weighted by atomic mass is 10.3. The first kappa shape index (κ1) is 15.2. The SMILES string of the molecule is O=C(CSc1ncccn1)Nc1ccc(OC(F)F)cc1. The molecule has 2 aromatic rings. The number of nitrogens with one attached hydrogen (secondary N) is 1. The largest absolute Gasteiger partial charge is 0.435 e. The number of hydrogen-bond acceptors (Lipinski definition) is 5. The van der Waals surface area contributed by atoms with Crippen LogP contribution >= 0.6 is 11.8 Å². The van der Waals surface area contributed by atoms with Crippen molar-refractivity contribution in [1.82, 2.24) is 9.97 Å². The van der Waals surface area contributed by atoms with Crippen LogP contribution in [0.1, 0.15) is 0 Å². The van der Waals surface area contributed by atoms with Gasteiger partial charge in [0.15, 0.2) is 5.16 Å². The standard InChI is InChI=1S/C13H11F2N3O2S/c14-12(15)20-10-4-2-9(3-5-10)18-11(19)8-21-13-16-6-1-7-17-13/h1-7,12H,8H2,(H,18,19). The van der Waals surface area contributed by atoms with Gasteiger partial charge < -0.3 is 10.1 Å². The van der Waals surface area contributed by atoms with Gasteiger partial charge in [-0.05, 0) is 30.3 Å². The molecule has 1 heterocycles. The highest BCUT2D eigenvalue weighted by Gasteiger charge is 2.07. The summed E-state index contributed by atoms with van der Waals surface area (Å²) >= 11 is 1.20. The molecule has 1 aromatic heterocycles. The molecule has 1 amide bonds. The van der Waals surface area contributed by atoms with Crippen molar-refractivity contribution < 1.29 is 18.3 Å². The second kappa shape index (κ2) is 7.53. The molecule has 0 fully saturated rings. The van der Waals surface area contributed by atoms with E-state index in [1.54, 1.807) is 18.5 Å². The van der Waals surface area contributed by atoms with Gasteiger partial charge >= 0.3 is 6.61 Å². The number of rotatable bonds is 6. The van der Waals surface area contributed by atoms with Gasteiger partial charge in [0.25, 0.3) is 0 Å². The van der Waals surface area contributed by atoms with Crippen molar-refractivity contribution in [2.24, 2.45) is 0 Å². The highest BCUT2D eigenvalue weighted by Crippen LogP contribution is 2.18. The topological polar surface area (TPSA) is 64.1 Å². The molecular weight excluding hydrogens is 300 g/mol. The number of nitrogens with zero attached hydrogens (tertiary/aromatic N) is 2. The lowest BCUT2D eigenvalue weighted by Crippen LogP contribution is -2.14. The van der Waals surface area contributed by atoms with E-state index in [1.807, 2.05) is 0 Å². The second-order valence-corrected chi connectivity index (χ2v) is 4.71. The van der Waals surface area contributed by atoms with Crippen molar-refractivity contribution in [1.29, 1.82) is 0 Å². The average Bonchev–Trinajstić information content (AvgIpc) is 2.48. The van der Waals surface area contributed by atoms with Gasteiger partial charge in [-0.2, -0.15) is 8.78 Å². The second-order valence-electron chi connectivity index (χ2n) is 3.77. The third kappa shape index (κ3) is 5.35. The van der Waals surface area contributed by atoms with Crippen molar-refractivity contribution in [3.8, 4) is 5.75 Å². The maximum atomic E-state index is 12.0. The lowest BCUT2D eigenvalue weighted by molar-refractivity contribution is -0.113. The minimum atomic E-state index is -2.87. The monoisotopic (exact) mass is 311 g/mol. The van der Waals surface area contributed by atoms with Crippen molar-refractivity contribution >= 4 is 23.4 Å². The molecule has 8 heteroatoms. The molecule has 0 saturated heterocycles. The van der Waals surface area contributed by atoms with E-state index in [0.717, 1.165) is 0 Å². The van der Waals surface area contributed by atoms with Gasteiger partial charge in [0.05, 0.1) is 5.75 Å².